The molecule has 0 bridgehead atoms. The van der Waals surface area contributed by atoms with Crippen molar-refractivity contribution >= 4 is 16.4 Å². The lowest BCUT2D eigenvalue weighted by Crippen LogP contribution is -2.09. The number of carbonyl (C=O) groups is 1. The first kappa shape index (κ1) is 27.1. The quantitative estimate of drug-likeness (QED) is 0.110. The van der Waals surface area contributed by atoms with Crippen LogP contribution in [-0.4, -0.2) is 25.5 Å². The molecule has 0 spiro atoms. The average Bonchev–Trinajstić information content (AvgIpc) is 2.63. The standard InChI is InChI=1S/C21H40O6S/c1-2-3-4-5-6-7-8-9-10-11-12-13-14-15-16-17-19-26-21(22)18-20-27-28(23,24)25/h17,19H,2-16,18,20H2,1H3,(H,23,24,25). The SMILES string of the molecule is CCCCCCCCCCCCCCCCC=COC(=O)CCOS(=O)(=O)O. The van der Waals surface area contributed by atoms with E-state index in [1.54, 1.807) is 6.08 Å². The summed E-state index contributed by atoms with van der Waals surface area (Å²) in [6, 6.07) is 0. The summed E-state index contributed by atoms with van der Waals surface area (Å²) < 4.78 is 37.8. The Bertz CT molecular complexity index is 487. The zero-order chi connectivity index (χ0) is 20.9. The Labute approximate surface area is 172 Å². The van der Waals surface area contributed by atoms with E-state index in [0.717, 1.165) is 12.8 Å². The van der Waals surface area contributed by atoms with Crippen molar-refractivity contribution in [2.75, 3.05) is 6.61 Å². The zero-order valence-corrected chi connectivity index (χ0v) is 18.4. The predicted molar refractivity (Wildman–Crippen MR) is 112 cm³/mol. The first-order valence-corrected chi connectivity index (χ1v) is 12.3. The van der Waals surface area contributed by atoms with Gasteiger partial charge in [-0.2, -0.15) is 8.42 Å². The summed E-state index contributed by atoms with van der Waals surface area (Å²) in [5.41, 5.74) is 0. The Hall–Kier alpha value is -0.920. The molecule has 0 amide bonds. The zero-order valence-electron chi connectivity index (χ0n) is 17.6. The van der Waals surface area contributed by atoms with E-state index in [9.17, 15) is 13.2 Å². The van der Waals surface area contributed by atoms with E-state index in [2.05, 4.69) is 11.1 Å². The van der Waals surface area contributed by atoms with Crippen LogP contribution in [0.2, 0.25) is 0 Å². The number of allylic oxidation sites excluding steroid dienone is 1. The van der Waals surface area contributed by atoms with Crippen molar-refractivity contribution in [2.45, 2.75) is 110 Å². The van der Waals surface area contributed by atoms with Gasteiger partial charge in [0.15, 0.2) is 0 Å². The molecule has 7 heteroatoms. The van der Waals surface area contributed by atoms with Crippen LogP contribution < -0.4 is 0 Å². The smallest absolute Gasteiger partial charge is 0.397 e. The summed E-state index contributed by atoms with van der Waals surface area (Å²) in [6.07, 6.45) is 22.3. The molecule has 0 heterocycles. The summed E-state index contributed by atoms with van der Waals surface area (Å²) in [7, 11) is -4.50. The molecule has 0 radical (unpaired) electrons. The van der Waals surface area contributed by atoms with Crippen LogP contribution >= 0.6 is 0 Å². The molecule has 0 aliphatic heterocycles. The fourth-order valence-corrected chi connectivity index (χ4v) is 3.23. The third-order valence-electron chi connectivity index (χ3n) is 4.56. The van der Waals surface area contributed by atoms with Crippen LogP contribution in [0.4, 0.5) is 0 Å². The summed E-state index contributed by atoms with van der Waals surface area (Å²) in [6.45, 7) is 1.83. The number of esters is 1. The minimum Gasteiger partial charge on any atom is -0.435 e. The van der Waals surface area contributed by atoms with Gasteiger partial charge in [0.25, 0.3) is 0 Å². The molecule has 0 aromatic heterocycles. The normalized spacial score (nSPS) is 11.9. The van der Waals surface area contributed by atoms with E-state index in [0.29, 0.717) is 0 Å². The van der Waals surface area contributed by atoms with Crippen molar-refractivity contribution < 1.29 is 26.7 Å². The number of ether oxygens (including phenoxy) is 1. The molecular formula is C21H40O6S. The Morgan fingerprint density at radius 1 is 0.821 bits per heavy atom. The first-order chi connectivity index (χ1) is 13.5. The topological polar surface area (TPSA) is 89.9 Å². The highest BCUT2D eigenvalue weighted by atomic mass is 32.3. The largest absolute Gasteiger partial charge is 0.435 e. The lowest BCUT2D eigenvalue weighted by atomic mass is 10.0. The number of carbonyl (C=O) groups excluding carboxylic acids is 1. The molecular weight excluding hydrogens is 380 g/mol. The molecule has 0 aliphatic carbocycles. The van der Waals surface area contributed by atoms with Gasteiger partial charge in [-0.1, -0.05) is 90.4 Å². The van der Waals surface area contributed by atoms with Crippen LogP contribution in [0.3, 0.4) is 0 Å². The Kier molecular flexibility index (Phi) is 18.8. The molecule has 0 aromatic rings. The molecule has 0 rings (SSSR count). The fourth-order valence-electron chi connectivity index (χ4n) is 2.94. The van der Waals surface area contributed by atoms with Crippen LogP contribution in [0.15, 0.2) is 12.3 Å². The molecule has 0 saturated heterocycles. The highest BCUT2D eigenvalue weighted by Crippen LogP contribution is 2.13. The molecule has 166 valence electrons. The van der Waals surface area contributed by atoms with Crippen molar-refractivity contribution in [2.24, 2.45) is 0 Å². The van der Waals surface area contributed by atoms with Gasteiger partial charge in [0.2, 0.25) is 0 Å². The lowest BCUT2D eigenvalue weighted by molar-refractivity contribution is -0.138. The van der Waals surface area contributed by atoms with Crippen molar-refractivity contribution in [3.8, 4) is 0 Å². The Balaban J connectivity index is 3.26. The molecule has 0 saturated carbocycles. The average molecular weight is 421 g/mol. The van der Waals surface area contributed by atoms with Crippen LogP contribution in [0.1, 0.15) is 110 Å². The highest BCUT2D eigenvalue weighted by molar-refractivity contribution is 7.80. The van der Waals surface area contributed by atoms with Crippen LogP contribution in [0.5, 0.6) is 0 Å². The number of hydrogen-bond donors (Lipinski definition) is 1. The summed E-state index contributed by atoms with van der Waals surface area (Å²) >= 11 is 0. The van der Waals surface area contributed by atoms with Gasteiger partial charge in [-0.05, 0) is 18.9 Å². The molecule has 6 nitrogen and oxygen atoms in total. The van der Waals surface area contributed by atoms with Gasteiger partial charge in [-0.25, -0.2) is 4.18 Å². The van der Waals surface area contributed by atoms with Crippen molar-refractivity contribution in [1.82, 2.24) is 0 Å². The van der Waals surface area contributed by atoms with E-state index in [-0.39, 0.29) is 6.42 Å². The molecule has 28 heavy (non-hydrogen) atoms. The summed E-state index contributed by atoms with van der Waals surface area (Å²) in [4.78, 5) is 11.3. The van der Waals surface area contributed by atoms with Gasteiger partial charge >= 0.3 is 16.4 Å². The fraction of sp³-hybridized carbons (Fsp3) is 0.857. The van der Waals surface area contributed by atoms with Crippen LogP contribution in [0, 0.1) is 0 Å². The second-order valence-corrected chi connectivity index (χ2v) is 8.34. The molecule has 0 fully saturated rings. The van der Waals surface area contributed by atoms with Gasteiger partial charge in [-0.15, -0.1) is 0 Å². The van der Waals surface area contributed by atoms with E-state index >= 15 is 0 Å². The third-order valence-corrected chi connectivity index (χ3v) is 5.02. The van der Waals surface area contributed by atoms with Crippen molar-refractivity contribution in [3.05, 3.63) is 12.3 Å². The van der Waals surface area contributed by atoms with Gasteiger partial charge < -0.3 is 4.74 Å². The molecule has 0 unspecified atom stereocenters. The van der Waals surface area contributed by atoms with Gasteiger partial charge in [0, 0.05) is 0 Å². The van der Waals surface area contributed by atoms with E-state index in [4.69, 9.17) is 9.29 Å². The number of unbranched alkanes of at least 4 members (excludes halogenated alkanes) is 14. The van der Waals surface area contributed by atoms with Gasteiger partial charge in [-0.3, -0.25) is 9.35 Å². The maximum absolute atomic E-state index is 11.3. The van der Waals surface area contributed by atoms with Gasteiger partial charge in [0.05, 0.1) is 19.3 Å². The minimum atomic E-state index is -4.50. The molecule has 0 aromatic carbocycles. The Morgan fingerprint density at radius 3 is 1.75 bits per heavy atom. The number of rotatable bonds is 20. The van der Waals surface area contributed by atoms with E-state index < -0.39 is 23.0 Å². The second kappa shape index (κ2) is 19.4. The molecule has 1 N–H and O–H groups in total. The third kappa shape index (κ3) is 23.1. The van der Waals surface area contributed by atoms with Crippen LogP contribution in [-0.2, 0) is 24.1 Å². The minimum absolute atomic E-state index is 0.233. The van der Waals surface area contributed by atoms with E-state index in [1.165, 1.54) is 89.7 Å². The molecule has 0 atom stereocenters. The maximum Gasteiger partial charge on any atom is 0.397 e. The summed E-state index contributed by atoms with van der Waals surface area (Å²) in [5, 5.41) is 0. The van der Waals surface area contributed by atoms with E-state index in [1.807, 2.05) is 0 Å². The molecule has 0 aliphatic rings. The second-order valence-electron chi connectivity index (χ2n) is 7.25. The Morgan fingerprint density at radius 2 is 1.29 bits per heavy atom. The first-order valence-electron chi connectivity index (χ1n) is 10.9. The van der Waals surface area contributed by atoms with Crippen LogP contribution in [0.25, 0.3) is 0 Å². The maximum atomic E-state index is 11.3. The van der Waals surface area contributed by atoms with Gasteiger partial charge in [0.1, 0.15) is 0 Å². The van der Waals surface area contributed by atoms with Crippen molar-refractivity contribution in [1.29, 1.82) is 0 Å². The number of hydrogen-bond acceptors (Lipinski definition) is 5. The monoisotopic (exact) mass is 420 g/mol. The highest BCUT2D eigenvalue weighted by Gasteiger charge is 2.07. The lowest BCUT2D eigenvalue weighted by Gasteiger charge is -2.03. The predicted octanol–water partition coefficient (Wildman–Crippen LogP) is 6.12. The summed E-state index contributed by atoms with van der Waals surface area (Å²) in [5.74, 6) is -0.596. The van der Waals surface area contributed by atoms with Crippen molar-refractivity contribution in [3.63, 3.8) is 0 Å².